The second kappa shape index (κ2) is 9.84. The molecule has 5 rings (SSSR count). The highest BCUT2D eigenvalue weighted by atomic mass is 79.9. The van der Waals surface area contributed by atoms with Gasteiger partial charge in [0.15, 0.2) is 11.5 Å². The van der Waals surface area contributed by atoms with Gasteiger partial charge in [-0.25, -0.2) is 0 Å². The minimum atomic E-state index is -4.46. The maximum atomic E-state index is 13.8. The molecule has 0 bridgehead atoms. The Labute approximate surface area is 225 Å². The highest BCUT2D eigenvalue weighted by Gasteiger charge is 2.43. The van der Waals surface area contributed by atoms with E-state index < -0.39 is 11.7 Å². The van der Waals surface area contributed by atoms with Crippen LogP contribution in [-0.4, -0.2) is 7.11 Å². The minimum Gasteiger partial charge on any atom is -0.493 e. The molecule has 0 amide bonds. The number of hydrogen-bond donors (Lipinski definition) is 1. The van der Waals surface area contributed by atoms with Crippen molar-refractivity contribution in [1.82, 2.24) is 0 Å². The minimum absolute atomic E-state index is 0.0669. The van der Waals surface area contributed by atoms with Gasteiger partial charge in [0, 0.05) is 21.5 Å². The zero-order valence-corrected chi connectivity index (χ0v) is 22.1. The fourth-order valence-corrected chi connectivity index (χ4v) is 6.07. The van der Waals surface area contributed by atoms with Gasteiger partial charge in [-0.05, 0) is 69.7 Å². The van der Waals surface area contributed by atoms with Crippen molar-refractivity contribution < 1.29 is 22.6 Å². The predicted octanol–water partition coefficient (Wildman–Crippen LogP) is 9.19. The summed E-state index contributed by atoms with van der Waals surface area (Å²) in [5.41, 5.74) is 1.71. The molecule has 3 aromatic rings. The van der Waals surface area contributed by atoms with Crippen LogP contribution in [0.15, 0.2) is 65.2 Å². The maximum absolute atomic E-state index is 13.8. The van der Waals surface area contributed by atoms with Crippen LogP contribution in [0.4, 0.5) is 18.9 Å². The summed E-state index contributed by atoms with van der Waals surface area (Å²) in [6.45, 7) is 0.183. The van der Waals surface area contributed by atoms with E-state index in [-0.39, 0.29) is 30.2 Å². The molecule has 1 aliphatic carbocycles. The molecular weight excluding hydrogens is 578 g/mol. The molecule has 36 heavy (non-hydrogen) atoms. The third kappa shape index (κ3) is 4.69. The lowest BCUT2D eigenvalue weighted by Gasteiger charge is -2.39. The number of alkyl halides is 3. The molecule has 3 aromatic carbocycles. The van der Waals surface area contributed by atoms with Crippen LogP contribution in [0.2, 0.25) is 10.0 Å². The van der Waals surface area contributed by atoms with Crippen LogP contribution < -0.4 is 14.8 Å². The van der Waals surface area contributed by atoms with Gasteiger partial charge in [-0.2, -0.15) is 13.2 Å². The first-order chi connectivity index (χ1) is 17.2. The van der Waals surface area contributed by atoms with Gasteiger partial charge >= 0.3 is 6.18 Å². The van der Waals surface area contributed by atoms with E-state index in [1.54, 1.807) is 24.3 Å². The number of para-hydroxylation sites is 1. The smallest absolute Gasteiger partial charge is 0.418 e. The van der Waals surface area contributed by atoms with E-state index in [0.29, 0.717) is 31.6 Å². The standard InChI is InChI=1S/C27H21BrCl2F3NO2/c1-35-23-11-15(10-21(28)26(23)36-13-14-8-9-16(29)12-22(14)30)24-18-5-2-4-17(18)19-6-3-7-20(25(19)34-24)27(31,32)33/h2-4,6-12,17-18,24,34H,5,13H2,1H3/t17-,18+,24+/m1/s1. The monoisotopic (exact) mass is 597 g/mol. The third-order valence-electron chi connectivity index (χ3n) is 6.70. The molecule has 3 atom stereocenters. The Hall–Kier alpha value is -2.35. The fraction of sp³-hybridized carbons (Fsp3) is 0.259. The summed E-state index contributed by atoms with van der Waals surface area (Å²) < 4.78 is 53.8. The largest absolute Gasteiger partial charge is 0.493 e. The first-order valence-electron chi connectivity index (χ1n) is 11.2. The van der Waals surface area contributed by atoms with E-state index in [1.165, 1.54) is 13.2 Å². The zero-order valence-electron chi connectivity index (χ0n) is 19.0. The number of fused-ring (bicyclic) bond motifs is 3. The predicted molar refractivity (Wildman–Crippen MR) is 139 cm³/mol. The molecule has 3 nitrogen and oxygen atoms in total. The van der Waals surface area contributed by atoms with E-state index in [2.05, 4.69) is 21.2 Å². The number of halogens is 6. The molecular formula is C27H21BrCl2F3NO2. The van der Waals surface area contributed by atoms with Gasteiger partial charge in [-0.1, -0.05) is 53.6 Å². The average Bonchev–Trinajstić information content (AvgIpc) is 3.32. The van der Waals surface area contributed by atoms with Crippen LogP contribution >= 0.6 is 39.1 Å². The molecule has 0 aromatic heterocycles. The number of ether oxygens (including phenoxy) is 2. The van der Waals surface area contributed by atoms with Crippen molar-refractivity contribution in [3.8, 4) is 11.5 Å². The summed E-state index contributed by atoms with van der Waals surface area (Å²) in [4.78, 5) is 0. The van der Waals surface area contributed by atoms with Gasteiger partial charge in [-0.15, -0.1) is 0 Å². The van der Waals surface area contributed by atoms with Crippen molar-refractivity contribution in [2.75, 3.05) is 12.4 Å². The van der Waals surface area contributed by atoms with Gasteiger partial charge in [-0.3, -0.25) is 0 Å². The topological polar surface area (TPSA) is 30.5 Å². The molecule has 2 aliphatic rings. The lowest BCUT2D eigenvalue weighted by Crippen LogP contribution is -2.30. The SMILES string of the molecule is COc1cc([C@@H]2Nc3c(cccc3C(F)(F)F)[C@@H]3C=CC[C@@H]32)cc(Br)c1OCc1ccc(Cl)cc1Cl. The normalized spacial score (nSPS) is 20.5. The van der Waals surface area contributed by atoms with Crippen LogP contribution in [-0.2, 0) is 12.8 Å². The second-order valence-corrected chi connectivity index (χ2v) is 10.5. The number of methoxy groups -OCH3 is 1. The number of anilines is 1. The summed E-state index contributed by atoms with van der Waals surface area (Å²) >= 11 is 15.8. The van der Waals surface area contributed by atoms with Crippen molar-refractivity contribution in [3.63, 3.8) is 0 Å². The molecule has 1 N–H and O–H groups in total. The summed E-state index contributed by atoms with van der Waals surface area (Å²) in [7, 11) is 1.53. The highest BCUT2D eigenvalue weighted by Crippen LogP contribution is 2.53. The number of rotatable bonds is 5. The van der Waals surface area contributed by atoms with Gasteiger partial charge in [0.2, 0.25) is 0 Å². The van der Waals surface area contributed by atoms with Gasteiger partial charge in [0.05, 0.1) is 28.9 Å². The van der Waals surface area contributed by atoms with Crippen LogP contribution in [0.5, 0.6) is 11.5 Å². The number of nitrogens with one attached hydrogen (secondary N) is 1. The van der Waals surface area contributed by atoms with Crippen molar-refractivity contribution in [2.24, 2.45) is 5.92 Å². The van der Waals surface area contributed by atoms with E-state index in [0.717, 1.165) is 23.6 Å². The molecule has 0 radical (unpaired) electrons. The molecule has 0 fully saturated rings. The lowest BCUT2D eigenvalue weighted by molar-refractivity contribution is -0.137. The Morgan fingerprint density at radius 1 is 1.11 bits per heavy atom. The third-order valence-corrected chi connectivity index (χ3v) is 7.88. The summed E-state index contributed by atoms with van der Waals surface area (Å²) in [6, 6.07) is 12.9. The van der Waals surface area contributed by atoms with Crippen LogP contribution in [0.1, 0.15) is 40.6 Å². The molecule has 0 saturated heterocycles. The van der Waals surface area contributed by atoms with Crippen molar-refractivity contribution in [3.05, 3.63) is 97.5 Å². The first-order valence-corrected chi connectivity index (χ1v) is 12.8. The zero-order chi connectivity index (χ0) is 25.6. The quantitative estimate of drug-likeness (QED) is 0.297. The second-order valence-electron chi connectivity index (χ2n) is 8.80. The molecule has 9 heteroatoms. The van der Waals surface area contributed by atoms with Gasteiger partial charge in [0.1, 0.15) is 6.61 Å². The number of hydrogen-bond acceptors (Lipinski definition) is 3. The summed E-state index contributed by atoms with van der Waals surface area (Å²) in [5.74, 6) is 0.891. The highest BCUT2D eigenvalue weighted by molar-refractivity contribution is 9.10. The van der Waals surface area contributed by atoms with Crippen molar-refractivity contribution in [2.45, 2.75) is 31.2 Å². The Morgan fingerprint density at radius 3 is 2.64 bits per heavy atom. The number of benzene rings is 3. The van der Waals surface area contributed by atoms with Crippen LogP contribution in [0.3, 0.4) is 0 Å². The number of allylic oxidation sites excluding steroid dienone is 2. The van der Waals surface area contributed by atoms with E-state index in [4.69, 9.17) is 32.7 Å². The van der Waals surface area contributed by atoms with Gasteiger partial charge < -0.3 is 14.8 Å². The Bertz CT molecular complexity index is 1350. The molecule has 188 valence electrons. The van der Waals surface area contributed by atoms with E-state index in [1.807, 2.05) is 24.3 Å². The Kier molecular flexibility index (Phi) is 6.92. The maximum Gasteiger partial charge on any atom is 0.418 e. The summed E-state index contributed by atoms with van der Waals surface area (Å²) in [6.07, 6.45) is 0.346. The Balaban J connectivity index is 1.49. The Morgan fingerprint density at radius 2 is 1.92 bits per heavy atom. The first kappa shape index (κ1) is 25.3. The van der Waals surface area contributed by atoms with Gasteiger partial charge in [0.25, 0.3) is 0 Å². The van der Waals surface area contributed by atoms with Crippen molar-refractivity contribution in [1.29, 1.82) is 0 Å². The molecule has 1 aliphatic heterocycles. The molecule has 0 unspecified atom stereocenters. The van der Waals surface area contributed by atoms with E-state index in [9.17, 15) is 13.2 Å². The summed E-state index contributed by atoms with van der Waals surface area (Å²) in [5, 5.41) is 4.24. The average molecular weight is 599 g/mol. The fourth-order valence-electron chi connectivity index (χ4n) is 5.04. The van der Waals surface area contributed by atoms with Crippen molar-refractivity contribution >= 4 is 44.8 Å². The van der Waals surface area contributed by atoms with Crippen LogP contribution in [0.25, 0.3) is 0 Å². The van der Waals surface area contributed by atoms with Crippen LogP contribution in [0, 0.1) is 5.92 Å². The molecule has 1 heterocycles. The molecule has 0 saturated carbocycles. The van der Waals surface area contributed by atoms with E-state index >= 15 is 0 Å². The lowest BCUT2D eigenvalue weighted by atomic mass is 9.76. The molecule has 0 spiro atoms.